The van der Waals surface area contributed by atoms with Crippen LogP contribution in [-0.4, -0.2) is 104 Å². The van der Waals surface area contributed by atoms with Crippen LogP contribution in [0, 0.1) is 17.3 Å². The van der Waals surface area contributed by atoms with Crippen molar-refractivity contribution < 1.29 is 49.3 Å². The summed E-state index contributed by atoms with van der Waals surface area (Å²) in [5.41, 5.74) is -0.547. The summed E-state index contributed by atoms with van der Waals surface area (Å²) in [7, 11) is 3.03. The third-order valence-corrected chi connectivity index (χ3v) is 10.9. The molecule has 2 fully saturated rings. The van der Waals surface area contributed by atoms with Crippen molar-refractivity contribution in [3.05, 3.63) is 112 Å². The molecule has 0 saturated carbocycles. The van der Waals surface area contributed by atoms with Crippen LogP contribution < -0.4 is 10.9 Å². The summed E-state index contributed by atoms with van der Waals surface area (Å²) in [6.45, 7) is 12.8. The molecule has 13 nitrogen and oxygen atoms in total. The third-order valence-electron chi connectivity index (χ3n) is 10.9. The Morgan fingerprint density at radius 1 is 1.05 bits per heavy atom. The summed E-state index contributed by atoms with van der Waals surface area (Å²) < 4.78 is 19.2. The normalized spacial score (nSPS) is 28.9. The number of amides is 1. The van der Waals surface area contributed by atoms with Crippen molar-refractivity contribution in [2.24, 2.45) is 24.3 Å². The molecule has 10 atom stereocenters. The molecule has 2 aliphatic rings. The van der Waals surface area contributed by atoms with Crippen molar-refractivity contribution in [3.63, 3.8) is 0 Å². The fourth-order valence-corrected chi connectivity index (χ4v) is 7.17. The van der Waals surface area contributed by atoms with Gasteiger partial charge in [-0.3, -0.25) is 14.4 Å². The predicted molar refractivity (Wildman–Crippen MR) is 218 cm³/mol. The highest BCUT2D eigenvalue weighted by atomic mass is 16.6. The zero-order valence-electron chi connectivity index (χ0n) is 34.5. The van der Waals surface area contributed by atoms with Crippen molar-refractivity contribution in [3.8, 4) is 5.75 Å². The van der Waals surface area contributed by atoms with Crippen LogP contribution in [0.4, 0.5) is 0 Å². The number of hydrogen-bond donors (Lipinski definition) is 6. The van der Waals surface area contributed by atoms with Crippen molar-refractivity contribution in [1.82, 2.24) is 9.88 Å². The number of nitrogens with zero attached hydrogens (tertiary/aromatic N) is 1. The summed E-state index contributed by atoms with van der Waals surface area (Å²) >= 11 is 0. The molecule has 1 aromatic rings. The number of aryl methyl sites for hydroxylation is 1. The van der Waals surface area contributed by atoms with Gasteiger partial charge in [0.2, 0.25) is 5.91 Å². The van der Waals surface area contributed by atoms with Crippen LogP contribution >= 0.6 is 0 Å². The Kier molecular flexibility index (Phi) is 17.4. The van der Waals surface area contributed by atoms with Gasteiger partial charge in [-0.05, 0) is 44.4 Å². The van der Waals surface area contributed by atoms with Crippen LogP contribution in [0.25, 0.3) is 0 Å². The molecule has 0 radical (unpaired) electrons. The van der Waals surface area contributed by atoms with Crippen LogP contribution in [0.5, 0.6) is 5.75 Å². The molecule has 0 aromatic carbocycles. The topological polar surface area (TPSA) is 197 Å². The van der Waals surface area contributed by atoms with Gasteiger partial charge in [-0.15, -0.1) is 0 Å². The van der Waals surface area contributed by atoms with E-state index >= 15 is 0 Å². The Hall–Kier alpha value is -4.21. The molecule has 2 aliphatic heterocycles. The maximum absolute atomic E-state index is 13.3. The first-order valence-electron chi connectivity index (χ1n) is 19.3. The lowest BCUT2D eigenvalue weighted by atomic mass is 9.72. The summed E-state index contributed by atoms with van der Waals surface area (Å²) in [6.07, 6.45) is 16.0. The molecule has 3 heterocycles. The lowest BCUT2D eigenvalue weighted by Crippen LogP contribution is -2.60. The number of aromatic hydroxyl groups is 1. The number of aliphatic hydroxyl groups is 4. The summed E-state index contributed by atoms with van der Waals surface area (Å²) in [5.74, 6) is -4.55. The third kappa shape index (κ3) is 11.5. The van der Waals surface area contributed by atoms with Gasteiger partial charge in [0.25, 0.3) is 5.56 Å². The van der Waals surface area contributed by atoms with Crippen molar-refractivity contribution >= 4 is 11.7 Å². The van der Waals surface area contributed by atoms with Gasteiger partial charge >= 0.3 is 0 Å². The van der Waals surface area contributed by atoms with E-state index in [0.29, 0.717) is 6.42 Å². The van der Waals surface area contributed by atoms with Gasteiger partial charge in [0, 0.05) is 44.7 Å². The smallest absolute Gasteiger partial charge is 0.265 e. The monoisotopic (exact) mass is 794 g/mol. The summed E-state index contributed by atoms with van der Waals surface area (Å²) in [6, 6.07) is 1.28. The van der Waals surface area contributed by atoms with Gasteiger partial charge < -0.3 is 49.6 Å². The molecule has 6 N–H and O–H groups in total. The number of allylic oxidation sites excluding steroid dienone is 10. The van der Waals surface area contributed by atoms with E-state index in [0.717, 1.165) is 5.57 Å². The van der Waals surface area contributed by atoms with Crippen LogP contribution in [0.2, 0.25) is 0 Å². The highest BCUT2D eigenvalue weighted by Crippen LogP contribution is 2.44. The lowest BCUT2D eigenvalue weighted by Gasteiger charge is -2.50. The Bertz CT molecular complexity index is 1820. The number of methoxy groups -OCH3 is 1. The lowest BCUT2D eigenvalue weighted by molar-refractivity contribution is -0.314. The fraction of sp³-hybridized carbons (Fsp3) is 0.523. The fourth-order valence-electron chi connectivity index (χ4n) is 7.17. The van der Waals surface area contributed by atoms with Crippen LogP contribution in [-0.2, 0) is 26.1 Å². The number of ketones is 1. The maximum Gasteiger partial charge on any atom is 0.265 e. The minimum atomic E-state index is -1.86. The van der Waals surface area contributed by atoms with Gasteiger partial charge in [0.15, 0.2) is 11.6 Å². The van der Waals surface area contributed by atoms with Crippen LogP contribution in [0.1, 0.15) is 71.7 Å². The minimum absolute atomic E-state index is 0.104. The van der Waals surface area contributed by atoms with Gasteiger partial charge in [-0.25, -0.2) is 0 Å². The number of ether oxygens (including phenoxy) is 3. The molecule has 1 aromatic heterocycles. The second-order valence-corrected chi connectivity index (χ2v) is 15.4. The number of pyridine rings is 1. The Labute approximate surface area is 336 Å². The zero-order valence-corrected chi connectivity index (χ0v) is 34.5. The van der Waals surface area contributed by atoms with Crippen LogP contribution in [0.15, 0.2) is 101 Å². The molecule has 0 unspecified atom stereocenters. The molecule has 1 amide bonds. The van der Waals surface area contributed by atoms with E-state index in [9.17, 15) is 39.9 Å². The number of carbonyl (C=O) groups excluding carboxylic acids is 2. The highest BCUT2D eigenvalue weighted by Gasteiger charge is 2.54. The van der Waals surface area contributed by atoms with Crippen LogP contribution in [0.3, 0.4) is 0 Å². The largest absolute Gasteiger partial charge is 0.507 e. The first kappa shape index (κ1) is 47.2. The molecule has 2 saturated heterocycles. The van der Waals surface area contributed by atoms with E-state index in [2.05, 4.69) is 5.32 Å². The maximum atomic E-state index is 13.3. The highest BCUT2D eigenvalue weighted by molar-refractivity contribution is 6.09. The predicted octanol–water partition coefficient (Wildman–Crippen LogP) is 4.11. The standard InChI is InChI=1S/C44H62N2O11/c1-10-12-14-22-34-43(6,7)33(48)26-44(54,57-34)30(11-2)41(52)45-24-18-17-20-28(4)39(55-9)29(5)40-38(51)37(50)32(56-40)21-16-13-15-19-27(3)36(49)35-31(47)23-25-46(8)42(35)53/h10,12-23,25,29-30,32-34,37-40,47-48,50-51,54H,11,24,26H2,1-9H3,(H,45,52)/b12-10-,15-13+,18-17+,21-16+,22-14+,27-19+,28-20+/t29-,30-,32-,33+,34+,37+,38+,39-,40+,44+/m1/s1. The SMILES string of the molecule is C/C=C\C=C\[C@@H]1O[C@](O)([C@H](CC)C(=O)NC/C=C/C=C(\C)[C@@H](OC)[C@@H](C)[C@@H]2O[C@H](/C=C/C=C/C=C(\C)C(=O)c3c(O)ccn(C)c3=O)[C@H](O)[C@@H]2O)C[C@H](O)C1(C)C. The zero-order chi connectivity index (χ0) is 42.7. The number of rotatable bonds is 17. The average Bonchev–Trinajstić information content (AvgIpc) is 3.44. The number of aromatic nitrogens is 1. The van der Waals surface area contributed by atoms with Gasteiger partial charge in [-0.1, -0.05) is 101 Å². The Morgan fingerprint density at radius 2 is 1.74 bits per heavy atom. The molecule has 0 bridgehead atoms. The number of nitrogens with one attached hydrogen (secondary N) is 1. The number of aliphatic hydroxyl groups excluding tert-OH is 3. The van der Waals surface area contributed by atoms with Crippen molar-refractivity contribution in [2.45, 2.75) is 110 Å². The molecule has 13 heteroatoms. The number of carbonyl (C=O) groups is 2. The molecule has 0 spiro atoms. The molecule has 0 aliphatic carbocycles. The molecule has 3 rings (SSSR count). The van der Waals surface area contributed by atoms with E-state index in [1.165, 1.54) is 36.9 Å². The quantitative estimate of drug-likeness (QED) is 0.0755. The second-order valence-electron chi connectivity index (χ2n) is 15.4. The molecular weight excluding hydrogens is 732 g/mol. The summed E-state index contributed by atoms with van der Waals surface area (Å²) in [5, 5.41) is 57.0. The van der Waals surface area contributed by atoms with E-state index in [4.69, 9.17) is 14.2 Å². The Balaban J connectivity index is 1.59. The van der Waals surface area contributed by atoms with Gasteiger partial charge in [-0.2, -0.15) is 0 Å². The second kappa shape index (κ2) is 21.0. The van der Waals surface area contributed by atoms with Gasteiger partial charge in [0.05, 0.1) is 30.3 Å². The molecule has 314 valence electrons. The van der Waals surface area contributed by atoms with Crippen molar-refractivity contribution in [2.75, 3.05) is 13.7 Å². The molecular formula is C44H62N2O11. The first-order valence-corrected chi connectivity index (χ1v) is 19.3. The number of hydrogen-bond acceptors (Lipinski definition) is 11. The number of Topliss-reactive ketones (excluding diaryl/α,β-unsaturated/α-hetero) is 1. The molecule has 57 heavy (non-hydrogen) atoms. The first-order chi connectivity index (χ1) is 26.9. The van der Waals surface area contributed by atoms with Crippen molar-refractivity contribution in [1.29, 1.82) is 0 Å². The van der Waals surface area contributed by atoms with E-state index < -0.39 is 82.8 Å². The Morgan fingerprint density at radius 3 is 2.39 bits per heavy atom. The minimum Gasteiger partial charge on any atom is -0.507 e. The average molecular weight is 795 g/mol. The van der Waals surface area contributed by atoms with E-state index in [1.807, 2.05) is 52.8 Å². The van der Waals surface area contributed by atoms with Gasteiger partial charge in [0.1, 0.15) is 29.6 Å². The summed E-state index contributed by atoms with van der Waals surface area (Å²) in [4.78, 5) is 38.4. The van der Waals surface area contributed by atoms with E-state index in [1.54, 1.807) is 62.6 Å². The van der Waals surface area contributed by atoms with E-state index in [-0.39, 0.29) is 30.0 Å².